The van der Waals surface area contributed by atoms with E-state index < -0.39 is 0 Å². The van der Waals surface area contributed by atoms with E-state index in [4.69, 9.17) is 0 Å². The van der Waals surface area contributed by atoms with Crippen molar-refractivity contribution >= 4 is 5.91 Å². The molecule has 1 aliphatic heterocycles. The second-order valence-corrected chi connectivity index (χ2v) is 5.87. The quantitative estimate of drug-likeness (QED) is 0.885. The molecule has 1 aliphatic rings. The van der Waals surface area contributed by atoms with E-state index in [1.807, 2.05) is 12.1 Å². The van der Waals surface area contributed by atoms with Crippen LogP contribution in [0.15, 0.2) is 42.9 Å². The summed E-state index contributed by atoms with van der Waals surface area (Å²) in [6.07, 6.45) is 8.15. The highest BCUT2D eigenvalue weighted by molar-refractivity contribution is 5.94. The van der Waals surface area contributed by atoms with Gasteiger partial charge in [0, 0.05) is 43.7 Å². The Bertz CT molecular complexity index is 621. The first-order valence-corrected chi connectivity index (χ1v) is 8.17. The number of aromatic nitrogens is 2. The molecule has 1 saturated heterocycles. The number of hydrogen-bond donors (Lipinski definition) is 2. The minimum Gasteiger partial charge on any atom is -0.352 e. The molecule has 1 amide bonds. The zero-order valence-electron chi connectivity index (χ0n) is 13.2. The third-order valence-corrected chi connectivity index (χ3v) is 4.22. The van der Waals surface area contributed by atoms with Gasteiger partial charge in [-0.25, -0.2) is 0 Å². The van der Waals surface area contributed by atoms with Gasteiger partial charge in [0.15, 0.2) is 0 Å². The number of nitrogens with one attached hydrogen (secondary N) is 2. The smallest absolute Gasteiger partial charge is 0.251 e. The van der Waals surface area contributed by atoms with Crippen molar-refractivity contribution in [3.63, 3.8) is 0 Å². The molecule has 1 fully saturated rings. The lowest BCUT2D eigenvalue weighted by Crippen LogP contribution is -2.28. The number of carbonyl (C=O) groups excluding carboxylic acids is 1. The van der Waals surface area contributed by atoms with E-state index in [1.54, 1.807) is 18.6 Å². The molecule has 0 radical (unpaired) electrons. The standard InChI is InChI=1S/C18H22N4O/c23-18(22-9-7-17-13-20-10-11-21-17)15-5-3-14(4-6-15)16-2-1-8-19-12-16/h3-6,10-11,13,16,19H,1-2,7-9,12H2,(H,22,23)/t16-/m0/s1. The lowest BCUT2D eigenvalue weighted by atomic mass is 9.91. The van der Waals surface area contributed by atoms with Crippen molar-refractivity contribution in [1.29, 1.82) is 0 Å². The van der Waals surface area contributed by atoms with Crippen LogP contribution in [-0.4, -0.2) is 35.5 Å². The molecule has 5 nitrogen and oxygen atoms in total. The third kappa shape index (κ3) is 4.36. The maximum absolute atomic E-state index is 12.2. The van der Waals surface area contributed by atoms with Gasteiger partial charge in [-0.1, -0.05) is 12.1 Å². The lowest BCUT2D eigenvalue weighted by molar-refractivity contribution is 0.0954. The molecule has 0 unspecified atom stereocenters. The van der Waals surface area contributed by atoms with Gasteiger partial charge in [0.25, 0.3) is 5.91 Å². The average Bonchev–Trinajstić information content (AvgIpc) is 2.63. The average molecular weight is 310 g/mol. The monoisotopic (exact) mass is 310 g/mol. The summed E-state index contributed by atoms with van der Waals surface area (Å²) in [5.41, 5.74) is 2.90. The Balaban J connectivity index is 1.51. The maximum atomic E-state index is 12.2. The van der Waals surface area contributed by atoms with Gasteiger partial charge in [0.1, 0.15) is 0 Å². The van der Waals surface area contributed by atoms with E-state index in [0.29, 0.717) is 24.4 Å². The fourth-order valence-corrected chi connectivity index (χ4v) is 2.91. The predicted molar refractivity (Wildman–Crippen MR) is 89.4 cm³/mol. The van der Waals surface area contributed by atoms with Gasteiger partial charge in [-0.3, -0.25) is 14.8 Å². The molecule has 1 aromatic carbocycles. The molecule has 1 aromatic heterocycles. The Labute approximate surface area is 136 Å². The molecule has 0 saturated carbocycles. The zero-order valence-corrected chi connectivity index (χ0v) is 13.2. The van der Waals surface area contributed by atoms with E-state index in [-0.39, 0.29) is 5.91 Å². The van der Waals surface area contributed by atoms with Gasteiger partial charge in [0.2, 0.25) is 0 Å². The Morgan fingerprint density at radius 1 is 1.26 bits per heavy atom. The summed E-state index contributed by atoms with van der Waals surface area (Å²) in [6, 6.07) is 7.99. The van der Waals surface area contributed by atoms with Crippen LogP contribution in [0.1, 0.15) is 40.4 Å². The van der Waals surface area contributed by atoms with E-state index in [2.05, 4.69) is 32.7 Å². The van der Waals surface area contributed by atoms with E-state index in [0.717, 1.165) is 18.8 Å². The highest BCUT2D eigenvalue weighted by atomic mass is 16.1. The fraction of sp³-hybridized carbons (Fsp3) is 0.389. The number of rotatable bonds is 5. The lowest BCUT2D eigenvalue weighted by Gasteiger charge is -2.23. The Hall–Kier alpha value is -2.27. The van der Waals surface area contributed by atoms with Crippen LogP contribution in [0.5, 0.6) is 0 Å². The molecule has 3 rings (SSSR count). The number of amides is 1. The van der Waals surface area contributed by atoms with Gasteiger partial charge in [-0.05, 0) is 43.0 Å². The van der Waals surface area contributed by atoms with Crippen molar-refractivity contribution in [2.24, 2.45) is 0 Å². The van der Waals surface area contributed by atoms with Gasteiger partial charge >= 0.3 is 0 Å². The van der Waals surface area contributed by atoms with Crippen LogP contribution in [0, 0.1) is 0 Å². The Kier molecular flexibility index (Phi) is 5.32. The van der Waals surface area contributed by atoms with Gasteiger partial charge in [-0.15, -0.1) is 0 Å². The second-order valence-electron chi connectivity index (χ2n) is 5.87. The number of hydrogen-bond acceptors (Lipinski definition) is 4. The van der Waals surface area contributed by atoms with Crippen molar-refractivity contribution in [2.45, 2.75) is 25.2 Å². The van der Waals surface area contributed by atoms with Crippen molar-refractivity contribution < 1.29 is 4.79 Å². The second kappa shape index (κ2) is 7.83. The maximum Gasteiger partial charge on any atom is 0.251 e. The van der Waals surface area contributed by atoms with Crippen LogP contribution >= 0.6 is 0 Å². The summed E-state index contributed by atoms with van der Waals surface area (Å²) in [5, 5.41) is 6.35. The van der Waals surface area contributed by atoms with Crippen LogP contribution in [0.4, 0.5) is 0 Å². The number of piperidine rings is 1. The minimum absolute atomic E-state index is 0.0396. The largest absolute Gasteiger partial charge is 0.352 e. The summed E-state index contributed by atoms with van der Waals surface area (Å²) in [7, 11) is 0. The predicted octanol–water partition coefficient (Wildman–Crippen LogP) is 1.92. The van der Waals surface area contributed by atoms with Crippen molar-refractivity contribution in [3.8, 4) is 0 Å². The molecule has 2 N–H and O–H groups in total. The fourth-order valence-electron chi connectivity index (χ4n) is 2.91. The van der Waals surface area contributed by atoms with Gasteiger partial charge in [-0.2, -0.15) is 0 Å². The van der Waals surface area contributed by atoms with Gasteiger partial charge < -0.3 is 10.6 Å². The normalized spacial score (nSPS) is 17.7. The summed E-state index contributed by atoms with van der Waals surface area (Å²) in [4.78, 5) is 20.4. The zero-order chi connectivity index (χ0) is 15.9. The summed E-state index contributed by atoms with van der Waals surface area (Å²) < 4.78 is 0. The Morgan fingerprint density at radius 3 is 2.83 bits per heavy atom. The topological polar surface area (TPSA) is 66.9 Å². The third-order valence-electron chi connectivity index (χ3n) is 4.22. The first kappa shape index (κ1) is 15.6. The Morgan fingerprint density at radius 2 is 2.13 bits per heavy atom. The first-order valence-electron chi connectivity index (χ1n) is 8.17. The van der Waals surface area contributed by atoms with Gasteiger partial charge in [0.05, 0.1) is 5.69 Å². The first-order chi connectivity index (χ1) is 11.3. The molecule has 2 heterocycles. The molecule has 120 valence electrons. The van der Waals surface area contributed by atoms with Crippen LogP contribution in [0.2, 0.25) is 0 Å². The molecule has 1 atom stereocenters. The SMILES string of the molecule is O=C(NCCc1cnccn1)c1ccc([C@H]2CCCNC2)cc1. The molecular formula is C18H22N4O. The highest BCUT2D eigenvalue weighted by Crippen LogP contribution is 2.23. The van der Waals surface area contributed by atoms with Crippen LogP contribution in [0.3, 0.4) is 0 Å². The summed E-state index contributed by atoms with van der Waals surface area (Å²) in [5.74, 6) is 0.528. The summed E-state index contributed by atoms with van der Waals surface area (Å²) in [6.45, 7) is 2.71. The molecule has 23 heavy (non-hydrogen) atoms. The van der Waals surface area contributed by atoms with Crippen LogP contribution in [0.25, 0.3) is 0 Å². The molecule has 2 aromatic rings. The molecule has 5 heteroatoms. The number of benzene rings is 1. The van der Waals surface area contributed by atoms with E-state index in [9.17, 15) is 4.79 Å². The van der Waals surface area contributed by atoms with Crippen molar-refractivity contribution in [2.75, 3.05) is 19.6 Å². The van der Waals surface area contributed by atoms with Crippen molar-refractivity contribution in [3.05, 3.63) is 59.7 Å². The van der Waals surface area contributed by atoms with Crippen LogP contribution < -0.4 is 10.6 Å². The molecular weight excluding hydrogens is 288 g/mol. The highest BCUT2D eigenvalue weighted by Gasteiger charge is 2.15. The van der Waals surface area contributed by atoms with E-state index in [1.165, 1.54) is 18.4 Å². The molecule has 0 spiro atoms. The minimum atomic E-state index is -0.0396. The van der Waals surface area contributed by atoms with E-state index >= 15 is 0 Å². The van der Waals surface area contributed by atoms with Crippen LogP contribution in [-0.2, 0) is 6.42 Å². The molecule has 0 aliphatic carbocycles. The van der Waals surface area contributed by atoms with Crippen molar-refractivity contribution in [1.82, 2.24) is 20.6 Å². The summed E-state index contributed by atoms with van der Waals surface area (Å²) >= 11 is 0. The number of nitrogens with zero attached hydrogens (tertiary/aromatic N) is 2. The molecule has 0 bridgehead atoms. The number of carbonyl (C=O) groups is 1.